The van der Waals surface area contributed by atoms with Crippen molar-refractivity contribution in [3.63, 3.8) is 0 Å². The van der Waals surface area contributed by atoms with Crippen LogP contribution in [0.1, 0.15) is 25.0 Å². The summed E-state index contributed by atoms with van der Waals surface area (Å²) in [6.45, 7) is 5.74. The molecule has 0 aromatic heterocycles. The summed E-state index contributed by atoms with van der Waals surface area (Å²) in [5.41, 5.74) is 2.01. The van der Waals surface area contributed by atoms with Crippen molar-refractivity contribution in [1.82, 2.24) is 4.31 Å². The van der Waals surface area contributed by atoms with Crippen LogP contribution in [0, 0.1) is 6.92 Å². The maximum Gasteiger partial charge on any atom is 0.331 e. The van der Waals surface area contributed by atoms with Crippen molar-refractivity contribution in [2.75, 3.05) is 25.0 Å². The van der Waals surface area contributed by atoms with Crippen LogP contribution in [0.3, 0.4) is 0 Å². The number of rotatable bonds is 9. The van der Waals surface area contributed by atoms with Gasteiger partial charge in [-0.1, -0.05) is 43.6 Å². The van der Waals surface area contributed by atoms with E-state index < -0.39 is 28.5 Å². The molecule has 0 bridgehead atoms. The van der Waals surface area contributed by atoms with E-state index in [2.05, 4.69) is 5.32 Å². The fraction of sp³-hybridized carbons (Fsp3) is 0.273. The van der Waals surface area contributed by atoms with Gasteiger partial charge in [0.1, 0.15) is 0 Å². The van der Waals surface area contributed by atoms with Crippen molar-refractivity contribution in [3.05, 3.63) is 64.7 Å². The molecule has 0 aliphatic carbocycles. The third-order valence-electron chi connectivity index (χ3n) is 4.38. The van der Waals surface area contributed by atoms with E-state index in [0.717, 1.165) is 5.56 Å². The number of carbonyl (C=O) groups is 2. The first-order valence-electron chi connectivity index (χ1n) is 9.68. The highest BCUT2D eigenvalue weighted by Crippen LogP contribution is 2.22. The normalized spacial score (nSPS) is 11.6. The highest BCUT2D eigenvalue weighted by Gasteiger charge is 2.20. The van der Waals surface area contributed by atoms with Crippen molar-refractivity contribution in [2.45, 2.75) is 25.7 Å². The number of esters is 1. The Hall–Kier alpha value is -2.68. The van der Waals surface area contributed by atoms with E-state index in [4.69, 9.17) is 16.3 Å². The van der Waals surface area contributed by atoms with Crippen molar-refractivity contribution in [2.24, 2.45) is 0 Å². The lowest BCUT2D eigenvalue weighted by molar-refractivity contribution is -0.142. The van der Waals surface area contributed by atoms with Gasteiger partial charge in [-0.25, -0.2) is 13.2 Å². The first kappa shape index (κ1) is 24.6. The van der Waals surface area contributed by atoms with Crippen LogP contribution < -0.4 is 5.32 Å². The third-order valence-corrected chi connectivity index (χ3v) is 6.76. The first-order valence-corrected chi connectivity index (χ1v) is 11.5. The van der Waals surface area contributed by atoms with Gasteiger partial charge in [-0.2, -0.15) is 4.31 Å². The second-order valence-electron chi connectivity index (χ2n) is 6.63. The van der Waals surface area contributed by atoms with Gasteiger partial charge in [-0.05, 0) is 48.4 Å². The lowest BCUT2D eigenvalue weighted by Crippen LogP contribution is -2.30. The fourth-order valence-corrected chi connectivity index (χ4v) is 4.46. The number of benzene rings is 2. The van der Waals surface area contributed by atoms with E-state index >= 15 is 0 Å². The Kier molecular flexibility index (Phi) is 8.79. The molecule has 1 amide bonds. The Morgan fingerprint density at radius 2 is 1.74 bits per heavy atom. The number of anilines is 1. The molecule has 0 spiro atoms. The zero-order valence-electron chi connectivity index (χ0n) is 17.6. The van der Waals surface area contributed by atoms with Crippen LogP contribution in [0.5, 0.6) is 0 Å². The molecule has 1 N–H and O–H groups in total. The summed E-state index contributed by atoms with van der Waals surface area (Å²) in [5, 5.41) is 2.97. The summed E-state index contributed by atoms with van der Waals surface area (Å²) < 4.78 is 31.2. The predicted molar refractivity (Wildman–Crippen MR) is 121 cm³/mol. The van der Waals surface area contributed by atoms with E-state index in [0.29, 0.717) is 29.4 Å². The van der Waals surface area contributed by atoms with Gasteiger partial charge in [0.05, 0.1) is 15.6 Å². The fourth-order valence-electron chi connectivity index (χ4n) is 2.72. The molecule has 0 aliphatic rings. The molecule has 0 saturated carbocycles. The summed E-state index contributed by atoms with van der Waals surface area (Å²) in [6, 6.07) is 11.3. The molecule has 2 rings (SSSR count). The number of carbonyl (C=O) groups excluding carboxylic acids is 2. The molecule has 0 heterocycles. The molecule has 0 atom stereocenters. The van der Waals surface area contributed by atoms with Gasteiger partial charge in [-0.15, -0.1) is 0 Å². The number of ether oxygens (including phenoxy) is 1. The van der Waals surface area contributed by atoms with Crippen molar-refractivity contribution in [1.29, 1.82) is 0 Å². The zero-order valence-corrected chi connectivity index (χ0v) is 19.2. The Balaban J connectivity index is 1.90. The van der Waals surface area contributed by atoms with Crippen LogP contribution in [0.2, 0.25) is 5.02 Å². The summed E-state index contributed by atoms with van der Waals surface area (Å²) >= 11 is 6.05. The van der Waals surface area contributed by atoms with Gasteiger partial charge < -0.3 is 10.1 Å². The van der Waals surface area contributed by atoms with Crippen LogP contribution in [0.4, 0.5) is 5.69 Å². The largest absolute Gasteiger partial charge is 0.452 e. The third kappa shape index (κ3) is 6.92. The first-order chi connectivity index (χ1) is 14.7. The number of nitrogens with zero attached hydrogens (tertiary/aromatic N) is 1. The average Bonchev–Trinajstić information content (AvgIpc) is 2.73. The minimum absolute atomic E-state index is 0.183. The monoisotopic (exact) mass is 464 g/mol. The van der Waals surface area contributed by atoms with Gasteiger partial charge in [0.25, 0.3) is 5.91 Å². The number of aryl methyl sites for hydroxylation is 1. The Labute approximate surface area is 187 Å². The molecule has 2 aromatic rings. The Morgan fingerprint density at radius 3 is 2.32 bits per heavy atom. The Bertz CT molecular complexity index is 1060. The van der Waals surface area contributed by atoms with Gasteiger partial charge in [0.2, 0.25) is 10.0 Å². The standard InChI is InChI=1S/C22H25ClN2O5S/c1-4-25(5-2)31(28,29)18-10-7-17(8-11-18)9-13-22(27)30-15-21(26)24-20-12-6-16(3)14-19(20)23/h6-14H,4-5,15H2,1-3H3,(H,24,26)/b13-9+. The van der Waals surface area contributed by atoms with Crippen molar-refractivity contribution in [3.8, 4) is 0 Å². The Morgan fingerprint density at radius 1 is 1.10 bits per heavy atom. The highest BCUT2D eigenvalue weighted by molar-refractivity contribution is 7.89. The average molecular weight is 465 g/mol. The summed E-state index contributed by atoms with van der Waals surface area (Å²) in [6.07, 6.45) is 2.64. The van der Waals surface area contributed by atoms with E-state index in [1.165, 1.54) is 28.6 Å². The van der Waals surface area contributed by atoms with E-state index in [1.807, 2.05) is 6.92 Å². The van der Waals surface area contributed by atoms with Crippen LogP contribution in [-0.2, 0) is 24.3 Å². The van der Waals surface area contributed by atoms with Crippen LogP contribution in [0.15, 0.2) is 53.4 Å². The number of halogens is 1. The molecule has 31 heavy (non-hydrogen) atoms. The van der Waals surface area contributed by atoms with Gasteiger partial charge in [-0.3, -0.25) is 4.79 Å². The highest BCUT2D eigenvalue weighted by atomic mass is 35.5. The molecule has 0 radical (unpaired) electrons. The lowest BCUT2D eigenvalue weighted by atomic mass is 10.2. The van der Waals surface area contributed by atoms with E-state index in [1.54, 1.807) is 44.2 Å². The van der Waals surface area contributed by atoms with Gasteiger partial charge in [0.15, 0.2) is 6.61 Å². The predicted octanol–water partition coefficient (Wildman–Crippen LogP) is 3.87. The maximum atomic E-state index is 12.5. The quantitative estimate of drug-likeness (QED) is 0.449. The second-order valence-corrected chi connectivity index (χ2v) is 8.98. The smallest absolute Gasteiger partial charge is 0.331 e. The van der Waals surface area contributed by atoms with Crippen molar-refractivity contribution >= 4 is 45.3 Å². The molecule has 0 fully saturated rings. The molecule has 0 saturated heterocycles. The number of sulfonamides is 1. The maximum absolute atomic E-state index is 12.5. The minimum Gasteiger partial charge on any atom is -0.452 e. The van der Waals surface area contributed by atoms with Gasteiger partial charge in [0, 0.05) is 19.2 Å². The van der Waals surface area contributed by atoms with E-state index in [-0.39, 0.29) is 4.90 Å². The van der Waals surface area contributed by atoms with Gasteiger partial charge >= 0.3 is 5.97 Å². The van der Waals surface area contributed by atoms with Crippen LogP contribution >= 0.6 is 11.6 Å². The molecule has 0 aliphatic heterocycles. The number of nitrogens with one attached hydrogen (secondary N) is 1. The molecule has 7 nitrogen and oxygen atoms in total. The van der Waals surface area contributed by atoms with Crippen LogP contribution in [-0.4, -0.2) is 44.3 Å². The molecule has 2 aromatic carbocycles. The molecule has 166 valence electrons. The summed E-state index contributed by atoms with van der Waals surface area (Å²) in [5.74, 6) is -1.22. The number of amides is 1. The molecule has 0 unspecified atom stereocenters. The topological polar surface area (TPSA) is 92.8 Å². The SMILES string of the molecule is CCN(CC)S(=O)(=O)c1ccc(/C=C/C(=O)OCC(=O)Nc2ccc(C)cc2Cl)cc1. The van der Waals surface area contributed by atoms with Crippen LogP contribution in [0.25, 0.3) is 6.08 Å². The van der Waals surface area contributed by atoms with Crippen molar-refractivity contribution < 1.29 is 22.7 Å². The molecular weight excluding hydrogens is 440 g/mol. The second kappa shape index (κ2) is 11.1. The summed E-state index contributed by atoms with van der Waals surface area (Å²) in [7, 11) is -3.54. The number of hydrogen-bond donors (Lipinski definition) is 1. The lowest BCUT2D eigenvalue weighted by Gasteiger charge is -2.18. The minimum atomic E-state index is -3.54. The zero-order chi connectivity index (χ0) is 23.0. The molecular formula is C22H25ClN2O5S. The number of hydrogen-bond acceptors (Lipinski definition) is 5. The summed E-state index contributed by atoms with van der Waals surface area (Å²) in [4.78, 5) is 24.0. The molecule has 9 heteroatoms. The van der Waals surface area contributed by atoms with E-state index in [9.17, 15) is 18.0 Å².